The molecule has 2 heterocycles. The molecule has 1 aromatic carbocycles. The zero-order valence-electron chi connectivity index (χ0n) is 7.60. The molecule has 1 aromatic heterocycles. The van der Waals surface area contributed by atoms with E-state index in [0.717, 1.165) is 12.3 Å². The molecule has 68 valence electrons. The van der Waals surface area contributed by atoms with Gasteiger partial charge >= 0.3 is 0 Å². The maximum atomic E-state index is 4.56. The van der Waals surface area contributed by atoms with Crippen LogP contribution < -0.4 is 0 Å². The Hall–Kier alpha value is -1.41. The van der Waals surface area contributed by atoms with Crippen molar-refractivity contribution in [3.05, 3.63) is 57.8 Å². The molecule has 1 nitrogen and oxygen atoms in total. The van der Waals surface area contributed by atoms with E-state index < -0.39 is 0 Å². The Labute approximate surface area is 86.7 Å². The van der Waals surface area contributed by atoms with Crippen LogP contribution in [-0.2, 0) is 6.54 Å². The topological polar surface area (TPSA) is 12.4 Å². The molecule has 0 amide bonds. The molecule has 1 aliphatic heterocycles. The van der Waals surface area contributed by atoms with Crippen molar-refractivity contribution in [1.29, 1.82) is 0 Å². The summed E-state index contributed by atoms with van der Waals surface area (Å²) in [6.45, 7) is 0.850. The molecule has 2 heteroatoms. The second-order valence-electron chi connectivity index (χ2n) is 3.31. The van der Waals surface area contributed by atoms with Crippen LogP contribution in [0.3, 0.4) is 0 Å². The lowest BCUT2D eigenvalue weighted by Gasteiger charge is -1.99. The monoisotopic (exact) mass is 199 g/mol. The van der Waals surface area contributed by atoms with Crippen molar-refractivity contribution >= 4 is 17.0 Å². The molecule has 0 saturated heterocycles. The van der Waals surface area contributed by atoms with Crippen LogP contribution in [0.4, 0.5) is 0 Å². The maximum absolute atomic E-state index is 4.56. The van der Waals surface area contributed by atoms with Gasteiger partial charge in [-0.1, -0.05) is 30.3 Å². The lowest BCUT2D eigenvalue weighted by molar-refractivity contribution is 1.11. The van der Waals surface area contributed by atoms with Gasteiger partial charge in [0.2, 0.25) is 0 Å². The van der Waals surface area contributed by atoms with Gasteiger partial charge in [0.15, 0.2) is 0 Å². The summed E-state index contributed by atoms with van der Waals surface area (Å²) in [6.07, 6.45) is 0. The van der Waals surface area contributed by atoms with E-state index in [0.29, 0.717) is 0 Å². The Morgan fingerprint density at radius 2 is 1.93 bits per heavy atom. The fourth-order valence-corrected chi connectivity index (χ4v) is 2.67. The standard InChI is InChI=1S/C12H9NS/c1-2-4-9(5-3-1)11-12-10(8-13-11)6-7-14-12/h1-7H,8H2. The largest absolute Gasteiger partial charge is 0.278 e. The predicted octanol–water partition coefficient (Wildman–Crippen LogP) is 3.10. The third kappa shape index (κ3) is 1.11. The highest BCUT2D eigenvalue weighted by atomic mass is 32.1. The van der Waals surface area contributed by atoms with E-state index in [4.69, 9.17) is 0 Å². The van der Waals surface area contributed by atoms with E-state index in [1.807, 2.05) is 6.07 Å². The van der Waals surface area contributed by atoms with Gasteiger partial charge in [0, 0.05) is 5.56 Å². The molecule has 3 rings (SSSR count). The fraction of sp³-hybridized carbons (Fsp3) is 0.0833. The lowest BCUT2D eigenvalue weighted by Crippen LogP contribution is -1.96. The normalized spacial score (nSPS) is 13.9. The van der Waals surface area contributed by atoms with E-state index in [2.05, 4.69) is 40.7 Å². The van der Waals surface area contributed by atoms with Gasteiger partial charge in [0.05, 0.1) is 17.1 Å². The summed E-state index contributed by atoms with van der Waals surface area (Å²) in [5.41, 5.74) is 3.76. The highest BCUT2D eigenvalue weighted by Gasteiger charge is 2.17. The minimum Gasteiger partial charge on any atom is -0.278 e. The first-order valence-electron chi connectivity index (χ1n) is 4.62. The van der Waals surface area contributed by atoms with Gasteiger partial charge in [0.1, 0.15) is 0 Å². The molecule has 0 atom stereocenters. The van der Waals surface area contributed by atoms with E-state index >= 15 is 0 Å². The number of hydrogen-bond donors (Lipinski definition) is 0. The third-order valence-corrected chi connectivity index (χ3v) is 3.38. The molecule has 0 aliphatic carbocycles. The number of hydrogen-bond acceptors (Lipinski definition) is 2. The van der Waals surface area contributed by atoms with Gasteiger partial charge in [-0.05, 0) is 17.0 Å². The highest BCUT2D eigenvalue weighted by Crippen LogP contribution is 2.27. The Morgan fingerprint density at radius 3 is 2.79 bits per heavy atom. The van der Waals surface area contributed by atoms with E-state index in [1.165, 1.54) is 16.0 Å². The van der Waals surface area contributed by atoms with Crippen molar-refractivity contribution in [1.82, 2.24) is 0 Å². The Morgan fingerprint density at radius 1 is 1.07 bits per heavy atom. The molecule has 0 radical (unpaired) electrons. The van der Waals surface area contributed by atoms with Crippen LogP contribution in [-0.4, -0.2) is 5.71 Å². The SMILES string of the molecule is c1ccc(C2=NCc3ccsc32)cc1. The molecule has 0 spiro atoms. The van der Waals surface area contributed by atoms with E-state index in [1.54, 1.807) is 11.3 Å². The van der Waals surface area contributed by atoms with Crippen LogP contribution in [0.15, 0.2) is 46.8 Å². The quantitative estimate of drug-likeness (QED) is 0.669. The first-order valence-corrected chi connectivity index (χ1v) is 5.50. The maximum Gasteiger partial charge on any atom is 0.0826 e. The van der Waals surface area contributed by atoms with Crippen molar-refractivity contribution in [2.75, 3.05) is 0 Å². The van der Waals surface area contributed by atoms with Gasteiger partial charge in [-0.25, -0.2) is 0 Å². The first kappa shape index (κ1) is 7.94. The van der Waals surface area contributed by atoms with Crippen LogP contribution in [0, 0.1) is 0 Å². The number of nitrogens with zero attached hydrogens (tertiary/aromatic N) is 1. The first-order chi connectivity index (χ1) is 6.95. The third-order valence-electron chi connectivity index (χ3n) is 2.42. The zero-order chi connectivity index (χ0) is 9.38. The number of benzene rings is 1. The predicted molar refractivity (Wildman–Crippen MR) is 60.1 cm³/mol. The molecule has 2 aromatic rings. The Balaban J connectivity index is 2.11. The molecule has 1 aliphatic rings. The average molecular weight is 199 g/mol. The van der Waals surface area contributed by atoms with Gasteiger partial charge in [-0.2, -0.15) is 0 Å². The van der Waals surface area contributed by atoms with Crippen LogP contribution in [0.25, 0.3) is 0 Å². The fourth-order valence-electron chi connectivity index (χ4n) is 1.72. The summed E-state index contributed by atoms with van der Waals surface area (Å²) >= 11 is 1.78. The van der Waals surface area contributed by atoms with Gasteiger partial charge in [-0.15, -0.1) is 11.3 Å². The molecule has 0 N–H and O–H groups in total. The molecular formula is C12H9NS. The highest BCUT2D eigenvalue weighted by molar-refractivity contribution is 7.12. The molecule has 0 bridgehead atoms. The van der Waals surface area contributed by atoms with E-state index in [9.17, 15) is 0 Å². The molecule has 0 fully saturated rings. The van der Waals surface area contributed by atoms with Crippen molar-refractivity contribution in [3.8, 4) is 0 Å². The van der Waals surface area contributed by atoms with Crippen LogP contribution in [0.2, 0.25) is 0 Å². The summed E-state index contributed by atoms with van der Waals surface area (Å²) in [7, 11) is 0. The minimum absolute atomic E-state index is 0.850. The summed E-state index contributed by atoms with van der Waals surface area (Å²) in [4.78, 5) is 5.90. The number of thiophene rings is 1. The van der Waals surface area contributed by atoms with Crippen molar-refractivity contribution < 1.29 is 0 Å². The number of rotatable bonds is 1. The summed E-state index contributed by atoms with van der Waals surface area (Å²) in [5, 5.41) is 2.14. The second kappa shape index (κ2) is 3.07. The number of fused-ring (bicyclic) bond motifs is 1. The molecule has 0 unspecified atom stereocenters. The summed E-state index contributed by atoms with van der Waals surface area (Å²) < 4.78 is 0. The number of aliphatic imine (C=N–C) groups is 1. The van der Waals surface area contributed by atoms with Crippen molar-refractivity contribution in [2.24, 2.45) is 4.99 Å². The van der Waals surface area contributed by atoms with Crippen molar-refractivity contribution in [2.45, 2.75) is 6.54 Å². The van der Waals surface area contributed by atoms with Crippen LogP contribution in [0.5, 0.6) is 0 Å². The Kier molecular flexibility index (Phi) is 1.74. The lowest BCUT2D eigenvalue weighted by atomic mass is 10.1. The van der Waals surface area contributed by atoms with Crippen molar-refractivity contribution in [3.63, 3.8) is 0 Å². The zero-order valence-corrected chi connectivity index (χ0v) is 8.42. The minimum atomic E-state index is 0.850. The van der Waals surface area contributed by atoms with Gasteiger partial charge in [0.25, 0.3) is 0 Å². The molecule has 14 heavy (non-hydrogen) atoms. The second-order valence-corrected chi connectivity index (χ2v) is 4.22. The average Bonchev–Trinajstić information content (AvgIpc) is 2.79. The van der Waals surface area contributed by atoms with Gasteiger partial charge in [-0.3, -0.25) is 4.99 Å². The Bertz CT molecular complexity index is 482. The molecular weight excluding hydrogens is 190 g/mol. The van der Waals surface area contributed by atoms with Crippen LogP contribution in [0.1, 0.15) is 16.0 Å². The van der Waals surface area contributed by atoms with E-state index in [-0.39, 0.29) is 0 Å². The summed E-state index contributed by atoms with van der Waals surface area (Å²) in [6, 6.07) is 12.6. The smallest absolute Gasteiger partial charge is 0.0826 e. The van der Waals surface area contributed by atoms with Crippen LogP contribution >= 0.6 is 11.3 Å². The molecule has 0 saturated carbocycles. The van der Waals surface area contributed by atoms with Gasteiger partial charge < -0.3 is 0 Å². The summed E-state index contributed by atoms with van der Waals surface area (Å²) in [5.74, 6) is 0.